The molecule has 82 valence electrons. The number of carbonyl (C=O) groups excluding carboxylic acids is 1. The topological polar surface area (TPSA) is 37.3 Å². The normalized spacial score (nSPS) is 15.6. The van der Waals surface area contributed by atoms with Crippen molar-refractivity contribution in [1.29, 1.82) is 0 Å². The number of rotatable bonds is 5. The fourth-order valence-electron chi connectivity index (χ4n) is 1.56. The molecule has 0 bridgehead atoms. The summed E-state index contributed by atoms with van der Waals surface area (Å²) in [6.45, 7) is 1.85. The van der Waals surface area contributed by atoms with Crippen molar-refractivity contribution < 1.29 is 9.90 Å². The van der Waals surface area contributed by atoms with E-state index in [9.17, 15) is 4.79 Å². The number of hydrogen-bond acceptors (Lipinski definition) is 2. The summed E-state index contributed by atoms with van der Waals surface area (Å²) < 4.78 is 0. The van der Waals surface area contributed by atoms with Gasteiger partial charge in [0, 0.05) is 12.2 Å². The Labute approximate surface area is 91.0 Å². The zero-order valence-corrected chi connectivity index (χ0v) is 9.20. The molecular formula is C13H18O2. The quantitative estimate of drug-likeness (QED) is 0.702. The van der Waals surface area contributed by atoms with E-state index in [0.29, 0.717) is 0 Å². The highest BCUT2D eigenvalue weighted by Gasteiger charge is 2.02. The Balaban J connectivity index is 2.48. The third-order valence-corrected chi connectivity index (χ3v) is 2.47. The number of carbonyl (C=O) groups is 1. The molecule has 1 rings (SSSR count). The van der Waals surface area contributed by atoms with Gasteiger partial charge >= 0.3 is 0 Å². The Morgan fingerprint density at radius 2 is 2.13 bits per heavy atom. The van der Waals surface area contributed by atoms with Gasteiger partial charge in [0.2, 0.25) is 0 Å². The van der Waals surface area contributed by atoms with Crippen molar-refractivity contribution in [3.63, 3.8) is 0 Å². The minimum absolute atomic E-state index is 0.122. The highest BCUT2D eigenvalue weighted by Crippen LogP contribution is 2.16. The molecule has 0 saturated heterocycles. The van der Waals surface area contributed by atoms with Crippen LogP contribution in [-0.2, 0) is 4.79 Å². The van der Waals surface area contributed by atoms with E-state index in [0.717, 1.165) is 31.3 Å². The molecule has 0 aromatic carbocycles. The third kappa shape index (κ3) is 4.26. The molecule has 1 N–H and O–H groups in total. The Morgan fingerprint density at radius 1 is 1.33 bits per heavy atom. The highest BCUT2D eigenvalue weighted by molar-refractivity contribution is 5.96. The maximum absolute atomic E-state index is 11.1. The predicted molar refractivity (Wildman–Crippen MR) is 61.5 cm³/mol. The van der Waals surface area contributed by atoms with Crippen molar-refractivity contribution in [2.45, 2.75) is 32.6 Å². The van der Waals surface area contributed by atoms with Crippen LogP contribution >= 0.6 is 0 Å². The molecule has 0 aromatic heterocycles. The van der Waals surface area contributed by atoms with Crippen LogP contribution in [0.4, 0.5) is 0 Å². The van der Waals surface area contributed by atoms with E-state index in [2.05, 4.69) is 6.08 Å². The van der Waals surface area contributed by atoms with Crippen LogP contribution in [0.5, 0.6) is 0 Å². The predicted octanol–water partition coefficient (Wildman–Crippen LogP) is 2.55. The fourth-order valence-corrected chi connectivity index (χ4v) is 1.56. The van der Waals surface area contributed by atoms with E-state index in [-0.39, 0.29) is 12.4 Å². The first-order valence-electron chi connectivity index (χ1n) is 5.43. The Bertz CT molecular complexity index is 308. The molecule has 15 heavy (non-hydrogen) atoms. The van der Waals surface area contributed by atoms with Crippen LogP contribution in [0.1, 0.15) is 32.6 Å². The molecule has 0 atom stereocenters. The minimum Gasteiger partial charge on any atom is -0.396 e. The molecule has 0 saturated carbocycles. The monoisotopic (exact) mass is 206 g/mol. The molecule has 0 aromatic rings. The summed E-state index contributed by atoms with van der Waals surface area (Å²) in [6, 6.07) is 0. The van der Waals surface area contributed by atoms with Crippen molar-refractivity contribution in [2.24, 2.45) is 0 Å². The van der Waals surface area contributed by atoms with E-state index in [1.165, 1.54) is 5.57 Å². The summed E-state index contributed by atoms with van der Waals surface area (Å²) in [5, 5.41) is 8.67. The zero-order valence-electron chi connectivity index (χ0n) is 9.20. The van der Waals surface area contributed by atoms with Gasteiger partial charge in [0.15, 0.2) is 5.78 Å². The van der Waals surface area contributed by atoms with Gasteiger partial charge < -0.3 is 5.11 Å². The first-order chi connectivity index (χ1) is 7.24. The minimum atomic E-state index is 0.122. The maximum Gasteiger partial charge on any atom is 0.159 e. The van der Waals surface area contributed by atoms with Crippen LogP contribution in [-0.4, -0.2) is 17.5 Å². The zero-order chi connectivity index (χ0) is 11.1. The highest BCUT2D eigenvalue weighted by atomic mass is 16.2. The molecule has 0 amide bonds. The van der Waals surface area contributed by atoms with Gasteiger partial charge in [-0.3, -0.25) is 4.79 Å². The molecule has 0 fully saturated rings. The summed E-state index contributed by atoms with van der Waals surface area (Å²) in [5.41, 5.74) is 2.05. The average Bonchev–Trinajstić information content (AvgIpc) is 2.44. The van der Waals surface area contributed by atoms with Crippen LogP contribution in [0.2, 0.25) is 0 Å². The number of unbranched alkanes of at least 4 members (excludes halogenated alkanes) is 1. The molecule has 0 heterocycles. The van der Waals surface area contributed by atoms with Crippen LogP contribution in [0.25, 0.3) is 0 Å². The van der Waals surface area contributed by atoms with E-state index >= 15 is 0 Å². The number of hydrogen-bond donors (Lipinski definition) is 1. The van der Waals surface area contributed by atoms with Crippen molar-refractivity contribution in [3.05, 3.63) is 35.5 Å². The van der Waals surface area contributed by atoms with Crippen LogP contribution in [0.3, 0.4) is 0 Å². The standard InChI is InChI=1S/C13H18O2/c1-11(15)13-7-4-6-12(8-9-13)5-2-3-10-14/h6-9,14H,2-5,10H2,1H3. The van der Waals surface area contributed by atoms with Crippen LogP contribution in [0.15, 0.2) is 35.5 Å². The average molecular weight is 206 g/mol. The third-order valence-electron chi connectivity index (χ3n) is 2.47. The summed E-state index contributed by atoms with van der Waals surface area (Å²) in [6.07, 6.45) is 11.7. The largest absolute Gasteiger partial charge is 0.396 e. The second-order valence-electron chi connectivity index (χ2n) is 3.74. The molecule has 0 spiro atoms. The van der Waals surface area contributed by atoms with Gasteiger partial charge in [-0.25, -0.2) is 0 Å². The van der Waals surface area contributed by atoms with Gasteiger partial charge in [0.25, 0.3) is 0 Å². The van der Waals surface area contributed by atoms with E-state index in [1.807, 2.05) is 18.2 Å². The van der Waals surface area contributed by atoms with E-state index in [1.54, 1.807) is 6.92 Å². The molecular weight excluding hydrogens is 188 g/mol. The summed E-state index contributed by atoms with van der Waals surface area (Å²) in [5.74, 6) is 0.122. The van der Waals surface area contributed by atoms with Crippen molar-refractivity contribution in [1.82, 2.24) is 0 Å². The lowest BCUT2D eigenvalue weighted by Crippen LogP contribution is -1.91. The van der Waals surface area contributed by atoms with Crippen molar-refractivity contribution >= 4 is 5.78 Å². The van der Waals surface area contributed by atoms with Gasteiger partial charge in [0.1, 0.15) is 0 Å². The number of Topliss-reactive ketones (excluding diaryl/α,β-unsaturated/α-hetero) is 1. The molecule has 1 aliphatic rings. The van der Waals surface area contributed by atoms with Crippen molar-refractivity contribution in [3.8, 4) is 0 Å². The van der Waals surface area contributed by atoms with E-state index in [4.69, 9.17) is 5.11 Å². The number of allylic oxidation sites excluding steroid dienone is 6. The van der Waals surface area contributed by atoms with Gasteiger partial charge in [-0.1, -0.05) is 29.9 Å². The Hall–Kier alpha value is -1.15. The summed E-state index contributed by atoms with van der Waals surface area (Å²) in [4.78, 5) is 11.1. The van der Waals surface area contributed by atoms with Crippen LogP contribution in [0, 0.1) is 0 Å². The lowest BCUT2D eigenvalue weighted by molar-refractivity contribution is -0.113. The van der Waals surface area contributed by atoms with Gasteiger partial charge in [-0.2, -0.15) is 0 Å². The number of aliphatic hydroxyl groups excluding tert-OH is 1. The summed E-state index contributed by atoms with van der Waals surface area (Å²) >= 11 is 0. The van der Waals surface area contributed by atoms with Gasteiger partial charge in [-0.05, 0) is 32.6 Å². The van der Waals surface area contributed by atoms with E-state index < -0.39 is 0 Å². The first-order valence-corrected chi connectivity index (χ1v) is 5.43. The second kappa shape index (κ2) is 6.36. The van der Waals surface area contributed by atoms with Gasteiger partial charge in [0.05, 0.1) is 0 Å². The molecule has 0 unspecified atom stereocenters. The molecule has 0 aliphatic heterocycles. The Morgan fingerprint density at radius 3 is 2.80 bits per heavy atom. The first kappa shape index (κ1) is 11.9. The number of ketones is 1. The molecule has 2 heteroatoms. The van der Waals surface area contributed by atoms with Crippen molar-refractivity contribution in [2.75, 3.05) is 6.61 Å². The SMILES string of the molecule is CC(=O)C1=CCC=C(CCCCO)C=C1. The maximum atomic E-state index is 11.1. The lowest BCUT2D eigenvalue weighted by Gasteiger charge is -1.99. The summed E-state index contributed by atoms with van der Waals surface area (Å²) in [7, 11) is 0. The Kier molecular flexibility index (Phi) is 5.05. The van der Waals surface area contributed by atoms with Gasteiger partial charge in [-0.15, -0.1) is 0 Å². The molecule has 0 radical (unpaired) electrons. The molecule has 2 nitrogen and oxygen atoms in total. The smallest absolute Gasteiger partial charge is 0.159 e. The second-order valence-corrected chi connectivity index (χ2v) is 3.74. The fraction of sp³-hybridized carbons (Fsp3) is 0.462. The van der Waals surface area contributed by atoms with Crippen LogP contribution < -0.4 is 0 Å². The molecule has 1 aliphatic carbocycles. The lowest BCUT2D eigenvalue weighted by atomic mass is 10.1. The number of aliphatic hydroxyl groups is 1.